The number of nitrogens with one attached hydrogen (secondary N) is 2. The molecule has 1 aromatic carbocycles. The summed E-state index contributed by atoms with van der Waals surface area (Å²) in [6.45, 7) is 8.67. The van der Waals surface area contributed by atoms with Crippen molar-refractivity contribution in [2.24, 2.45) is 11.3 Å². The molecule has 2 rings (SSSR count). The highest BCUT2D eigenvalue weighted by Gasteiger charge is 2.18. The summed E-state index contributed by atoms with van der Waals surface area (Å²) in [5.74, 6) is 0.809. The molecule has 2 N–H and O–H groups in total. The Hall–Kier alpha value is -2.24. The van der Waals surface area contributed by atoms with E-state index in [1.165, 1.54) is 0 Å². The number of para-hydroxylation sites is 1. The minimum Gasteiger partial charge on any atom is -0.325 e. The van der Waals surface area contributed by atoms with Crippen LogP contribution >= 0.6 is 0 Å². The second kappa shape index (κ2) is 6.68. The Kier molecular flexibility index (Phi) is 4.90. The summed E-state index contributed by atoms with van der Waals surface area (Å²) in [7, 11) is 0. The minimum absolute atomic E-state index is 0.00712. The number of hydrogen-bond acceptors (Lipinski definition) is 4. The van der Waals surface area contributed by atoms with Gasteiger partial charge < -0.3 is 5.32 Å². The normalized spacial score (nSPS) is 12.9. The number of carbonyl (C=O) groups excluding carboxylic acids is 1. The van der Waals surface area contributed by atoms with Crippen LogP contribution in [0.25, 0.3) is 11.4 Å². The zero-order valence-electron chi connectivity index (χ0n) is 13.6. The van der Waals surface area contributed by atoms with Crippen LogP contribution in [0.4, 0.5) is 5.69 Å². The zero-order chi connectivity index (χ0) is 16.2. The summed E-state index contributed by atoms with van der Waals surface area (Å²) in [5.41, 5.74) is 1.69. The molecule has 0 fully saturated rings. The zero-order valence-corrected chi connectivity index (χ0v) is 13.6. The van der Waals surface area contributed by atoms with Crippen LogP contribution in [0, 0.1) is 11.3 Å². The standard InChI is InChI=1S/C16H23N5O/c1-11(10-16(2,3)4)9-14(22)17-13-8-6-5-7-12(13)15-18-20-21-19-15/h5-8,11H,9-10H2,1-4H3,(H,17,22)(H,18,19,20,21)/t11-/m0/s1. The molecule has 118 valence electrons. The molecule has 1 heterocycles. The maximum atomic E-state index is 12.3. The SMILES string of the molecule is C[C@@H](CC(=O)Nc1ccccc1-c1nn[nH]n1)CC(C)(C)C. The second-order valence-electron chi connectivity index (χ2n) is 6.90. The molecule has 6 nitrogen and oxygen atoms in total. The second-order valence-corrected chi connectivity index (χ2v) is 6.90. The van der Waals surface area contributed by atoms with Gasteiger partial charge in [-0.15, -0.1) is 10.2 Å². The number of nitrogens with zero attached hydrogens (tertiary/aromatic N) is 3. The van der Waals surface area contributed by atoms with Crippen molar-refractivity contribution in [3.8, 4) is 11.4 Å². The van der Waals surface area contributed by atoms with Gasteiger partial charge in [0.1, 0.15) is 0 Å². The van der Waals surface area contributed by atoms with Gasteiger partial charge in [-0.3, -0.25) is 4.79 Å². The molecule has 1 amide bonds. The largest absolute Gasteiger partial charge is 0.325 e. The van der Waals surface area contributed by atoms with Gasteiger partial charge in [0.15, 0.2) is 0 Å². The summed E-state index contributed by atoms with van der Waals surface area (Å²) in [6.07, 6.45) is 1.50. The van der Waals surface area contributed by atoms with Crippen molar-refractivity contribution in [3.63, 3.8) is 0 Å². The molecule has 0 radical (unpaired) electrons. The van der Waals surface area contributed by atoms with Crippen LogP contribution in [-0.2, 0) is 4.79 Å². The Morgan fingerprint density at radius 2 is 2.05 bits per heavy atom. The first-order chi connectivity index (χ1) is 10.3. The summed E-state index contributed by atoms with van der Waals surface area (Å²) >= 11 is 0. The minimum atomic E-state index is 0.00712. The molecular formula is C16H23N5O. The van der Waals surface area contributed by atoms with E-state index in [9.17, 15) is 4.79 Å². The van der Waals surface area contributed by atoms with Crippen LogP contribution in [0.3, 0.4) is 0 Å². The van der Waals surface area contributed by atoms with Gasteiger partial charge in [0.25, 0.3) is 0 Å². The van der Waals surface area contributed by atoms with Crippen molar-refractivity contribution < 1.29 is 4.79 Å². The molecule has 6 heteroatoms. The predicted octanol–water partition coefficient (Wildman–Crippen LogP) is 3.27. The number of rotatable bonds is 5. The fourth-order valence-corrected chi connectivity index (χ4v) is 2.70. The average molecular weight is 301 g/mol. The lowest BCUT2D eigenvalue weighted by atomic mass is 9.84. The monoisotopic (exact) mass is 301 g/mol. The van der Waals surface area contributed by atoms with Gasteiger partial charge in [0.2, 0.25) is 11.7 Å². The number of H-pyrrole nitrogens is 1. The predicted molar refractivity (Wildman–Crippen MR) is 86.1 cm³/mol. The van der Waals surface area contributed by atoms with E-state index < -0.39 is 0 Å². The maximum Gasteiger partial charge on any atom is 0.224 e. The molecule has 0 aliphatic rings. The molecule has 0 unspecified atom stereocenters. The van der Waals surface area contributed by atoms with Gasteiger partial charge in [0.05, 0.1) is 5.69 Å². The first-order valence-corrected chi connectivity index (χ1v) is 7.48. The molecule has 22 heavy (non-hydrogen) atoms. The average Bonchev–Trinajstić information content (AvgIpc) is 2.90. The van der Waals surface area contributed by atoms with Gasteiger partial charge in [-0.05, 0) is 35.1 Å². The molecule has 0 bridgehead atoms. The molecule has 1 aromatic heterocycles. The van der Waals surface area contributed by atoms with Crippen molar-refractivity contribution in [1.29, 1.82) is 0 Å². The molecule has 1 atom stereocenters. The van der Waals surface area contributed by atoms with Crippen LogP contribution in [0.2, 0.25) is 0 Å². The summed E-state index contributed by atoms with van der Waals surface area (Å²) in [4.78, 5) is 12.3. The number of aromatic nitrogens is 4. The van der Waals surface area contributed by atoms with Crippen LogP contribution < -0.4 is 5.32 Å². The van der Waals surface area contributed by atoms with E-state index in [2.05, 4.69) is 53.6 Å². The number of carbonyl (C=O) groups is 1. The molecule has 0 spiro atoms. The number of hydrogen-bond donors (Lipinski definition) is 2. The van der Waals surface area contributed by atoms with Gasteiger partial charge in [-0.2, -0.15) is 5.21 Å². The van der Waals surface area contributed by atoms with Gasteiger partial charge in [-0.1, -0.05) is 39.8 Å². The van der Waals surface area contributed by atoms with E-state index in [1.807, 2.05) is 24.3 Å². The lowest BCUT2D eigenvalue weighted by Crippen LogP contribution is -2.19. The van der Waals surface area contributed by atoms with Crippen molar-refractivity contribution >= 4 is 11.6 Å². The number of tetrazole rings is 1. The maximum absolute atomic E-state index is 12.3. The van der Waals surface area contributed by atoms with Crippen molar-refractivity contribution in [3.05, 3.63) is 24.3 Å². The Bertz CT molecular complexity index is 616. The van der Waals surface area contributed by atoms with E-state index >= 15 is 0 Å². The van der Waals surface area contributed by atoms with Crippen LogP contribution in [0.5, 0.6) is 0 Å². The number of anilines is 1. The highest BCUT2D eigenvalue weighted by molar-refractivity contribution is 5.94. The summed E-state index contributed by atoms with van der Waals surface area (Å²) < 4.78 is 0. The quantitative estimate of drug-likeness (QED) is 0.887. The molecule has 0 saturated carbocycles. The fraction of sp³-hybridized carbons (Fsp3) is 0.500. The first-order valence-electron chi connectivity index (χ1n) is 7.48. The third-order valence-corrected chi connectivity index (χ3v) is 3.28. The smallest absolute Gasteiger partial charge is 0.224 e. The highest BCUT2D eigenvalue weighted by Crippen LogP contribution is 2.27. The third-order valence-electron chi connectivity index (χ3n) is 3.28. The van der Waals surface area contributed by atoms with Crippen LogP contribution in [0.15, 0.2) is 24.3 Å². The van der Waals surface area contributed by atoms with Gasteiger partial charge >= 0.3 is 0 Å². The van der Waals surface area contributed by atoms with Gasteiger partial charge in [0, 0.05) is 12.0 Å². The van der Waals surface area contributed by atoms with Crippen molar-refractivity contribution in [2.75, 3.05) is 5.32 Å². The first kappa shape index (κ1) is 16.1. The number of benzene rings is 1. The molecule has 0 saturated heterocycles. The Morgan fingerprint density at radius 3 is 2.68 bits per heavy atom. The van der Waals surface area contributed by atoms with E-state index in [0.717, 1.165) is 12.0 Å². The lowest BCUT2D eigenvalue weighted by molar-refractivity contribution is -0.117. The summed E-state index contributed by atoms with van der Waals surface area (Å²) in [6, 6.07) is 7.46. The Morgan fingerprint density at radius 1 is 1.32 bits per heavy atom. The number of amides is 1. The highest BCUT2D eigenvalue weighted by atomic mass is 16.1. The third kappa shape index (κ3) is 4.65. The molecule has 2 aromatic rings. The van der Waals surface area contributed by atoms with Gasteiger partial charge in [-0.25, -0.2) is 0 Å². The lowest BCUT2D eigenvalue weighted by Gasteiger charge is -2.22. The number of aromatic amines is 1. The van der Waals surface area contributed by atoms with E-state index in [-0.39, 0.29) is 11.3 Å². The van der Waals surface area contributed by atoms with Crippen LogP contribution in [0.1, 0.15) is 40.5 Å². The fourth-order valence-electron chi connectivity index (χ4n) is 2.70. The van der Waals surface area contributed by atoms with E-state index in [1.54, 1.807) is 0 Å². The van der Waals surface area contributed by atoms with Crippen LogP contribution in [-0.4, -0.2) is 26.5 Å². The summed E-state index contributed by atoms with van der Waals surface area (Å²) in [5, 5.41) is 16.9. The Labute approximate surface area is 130 Å². The van der Waals surface area contributed by atoms with Crippen molar-refractivity contribution in [2.45, 2.75) is 40.5 Å². The molecule has 0 aliphatic carbocycles. The topological polar surface area (TPSA) is 83.6 Å². The Balaban J connectivity index is 2.04. The molecular weight excluding hydrogens is 278 g/mol. The van der Waals surface area contributed by atoms with E-state index in [4.69, 9.17) is 0 Å². The van der Waals surface area contributed by atoms with Crippen molar-refractivity contribution in [1.82, 2.24) is 20.6 Å². The molecule has 0 aliphatic heterocycles. The van der Waals surface area contributed by atoms with E-state index in [0.29, 0.717) is 23.9 Å².